The summed E-state index contributed by atoms with van der Waals surface area (Å²) in [4.78, 5) is 4.71. The van der Waals surface area contributed by atoms with E-state index < -0.39 is 0 Å². The van der Waals surface area contributed by atoms with Crippen molar-refractivity contribution in [2.75, 3.05) is 18.8 Å². The summed E-state index contributed by atoms with van der Waals surface area (Å²) >= 11 is 8.38. The lowest BCUT2D eigenvalue weighted by molar-refractivity contribution is 0.385. The van der Waals surface area contributed by atoms with Crippen molar-refractivity contribution in [2.45, 2.75) is 12.7 Å². The number of pyridine rings is 1. The number of hydrogen-bond acceptors (Lipinski definition) is 3. The van der Waals surface area contributed by atoms with Gasteiger partial charge in [-0.25, -0.2) is 0 Å². The molecule has 1 aromatic heterocycles. The van der Waals surface area contributed by atoms with Crippen molar-refractivity contribution in [3.8, 4) is 0 Å². The number of hydrogen-bond donors (Lipinski definition) is 1. The van der Waals surface area contributed by atoms with Crippen molar-refractivity contribution in [3.05, 3.63) is 40.5 Å². The van der Waals surface area contributed by atoms with E-state index in [1.54, 1.807) is 0 Å². The average Bonchev–Trinajstić information content (AvgIpc) is 2.38. The number of halogens is 1. The summed E-state index contributed by atoms with van der Waals surface area (Å²) in [5, 5.41) is 5.29. The normalized spacial score (nSPS) is 15.7. The first kappa shape index (κ1) is 13.2. The second kappa shape index (κ2) is 5.70. The number of rotatable bonds is 4. The van der Waals surface area contributed by atoms with E-state index in [1.807, 2.05) is 23.9 Å². The standard InChI is InChI=1S/C15H17ClN2S/c1-10-12-4-2-3-5-13(12)18-14(15(10)16)9-19-8-11-6-17-7-11/h2-5,11,17H,6-9H2,1H3. The molecule has 0 bridgehead atoms. The maximum atomic E-state index is 6.45. The molecule has 1 aliphatic rings. The van der Waals surface area contributed by atoms with Crippen LogP contribution in [0.4, 0.5) is 0 Å². The van der Waals surface area contributed by atoms with Gasteiger partial charge in [-0.3, -0.25) is 4.98 Å². The zero-order chi connectivity index (χ0) is 13.2. The van der Waals surface area contributed by atoms with Crippen molar-refractivity contribution < 1.29 is 0 Å². The van der Waals surface area contributed by atoms with Crippen LogP contribution in [-0.2, 0) is 5.75 Å². The number of aryl methyl sites for hydroxylation is 1. The summed E-state index contributed by atoms with van der Waals surface area (Å²) < 4.78 is 0. The molecule has 0 spiro atoms. The Morgan fingerprint density at radius 1 is 1.37 bits per heavy atom. The molecular formula is C15H17ClN2S. The first-order valence-corrected chi connectivity index (χ1v) is 8.11. The molecule has 1 aromatic carbocycles. The van der Waals surface area contributed by atoms with E-state index in [1.165, 1.54) is 5.75 Å². The molecule has 4 heteroatoms. The number of fused-ring (bicyclic) bond motifs is 1. The van der Waals surface area contributed by atoms with Gasteiger partial charge in [0.25, 0.3) is 0 Å². The molecule has 2 heterocycles. The highest BCUT2D eigenvalue weighted by Gasteiger charge is 2.17. The first-order chi connectivity index (χ1) is 9.25. The molecular weight excluding hydrogens is 276 g/mol. The van der Waals surface area contributed by atoms with Gasteiger partial charge in [0.15, 0.2) is 0 Å². The van der Waals surface area contributed by atoms with Gasteiger partial charge >= 0.3 is 0 Å². The fourth-order valence-corrected chi connectivity index (χ4v) is 3.68. The largest absolute Gasteiger partial charge is 0.316 e. The zero-order valence-electron chi connectivity index (χ0n) is 10.9. The van der Waals surface area contributed by atoms with Gasteiger partial charge in [-0.2, -0.15) is 11.8 Å². The molecule has 2 nitrogen and oxygen atoms in total. The third-order valence-corrected chi connectivity index (χ3v) is 5.29. The molecule has 100 valence electrons. The first-order valence-electron chi connectivity index (χ1n) is 6.58. The Hall–Kier alpha value is -0.770. The lowest BCUT2D eigenvalue weighted by atomic mass is 10.1. The van der Waals surface area contributed by atoms with Crippen LogP contribution in [0.2, 0.25) is 5.02 Å². The van der Waals surface area contributed by atoms with Crippen LogP contribution in [-0.4, -0.2) is 23.8 Å². The molecule has 1 N–H and O–H groups in total. The van der Waals surface area contributed by atoms with Gasteiger partial charge in [0, 0.05) is 11.1 Å². The van der Waals surface area contributed by atoms with Gasteiger partial charge in [0.05, 0.1) is 16.2 Å². The minimum atomic E-state index is 0.824. The van der Waals surface area contributed by atoms with Gasteiger partial charge in [-0.1, -0.05) is 29.8 Å². The summed E-state index contributed by atoms with van der Waals surface area (Å²) in [6.45, 7) is 4.40. The van der Waals surface area contributed by atoms with E-state index in [0.29, 0.717) is 0 Å². The highest BCUT2D eigenvalue weighted by atomic mass is 35.5. The van der Waals surface area contributed by atoms with Gasteiger partial charge in [-0.15, -0.1) is 0 Å². The Bertz CT molecular complexity index is 596. The van der Waals surface area contributed by atoms with Gasteiger partial charge < -0.3 is 5.32 Å². The minimum absolute atomic E-state index is 0.824. The van der Waals surface area contributed by atoms with E-state index in [-0.39, 0.29) is 0 Å². The smallest absolute Gasteiger partial charge is 0.0709 e. The summed E-state index contributed by atoms with van der Waals surface area (Å²) in [5.41, 5.74) is 3.22. The van der Waals surface area contributed by atoms with Crippen LogP contribution in [0.1, 0.15) is 11.3 Å². The Morgan fingerprint density at radius 3 is 2.89 bits per heavy atom. The predicted octanol–water partition coefficient (Wildman–Crippen LogP) is 3.65. The lowest BCUT2D eigenvalue weighted by Gasteiger charge is -2.26. The van der Waals surface area contributed by atoms with Crippen LogP contribution < -0.4 is 5.32 Å². The van der Waals surface area contributed by atoms with Crippen molar-refractivity contribution in [1.29, 1.82) is 0 Å². The quantitative estimate of drug-likeness (QED) is 0.931. The Labute approximate surface area is 122 Å². The maximum Gasteiger partial charge on any atom is 0.0709 e. The topological polar surface area (TPSA) is 24.9 Å². The van der Waals surface area contributed by atoms with Crippen LogP contribution in [0.5, 0.6) is 0 Å². The van der Waals surface area contributed by atoms with E-state index in [4.69, 9.17) is 16.6 Å². The maximum absolute atomic E-state index is 6.45. The monoisotopic (exact) mass is 292 g/mol. The van der Waals surface area contributed by atoms with E-state index >= 15 is 0 Å². The lowest BCUT2D eigenvalue weighted by Crippen LogP contribution is -2.43. The number of thioether (sulfide) groups is 1. The average molecular weight is 293 g/mol. The molecule has 0 unspecified atom stereocenters. The third-order valence-electron chi connectivity index (χ3n) is 3.60. The SMILES string of the molecule is Cc1c(Cl)c(CSCC2CNC2)nc2ccccc12. The highest BCUT2D eigenvalue weighted by molar-refractivity contribution is 7.98. The van der Waals surface area contributed by atoms with E-state index in [0.717, 1.165) is 51.9 Å². The molecule has 1 saturated heterocycles. The summed E-state index contributed by atoms with van der Waals surface area (Å²) in [5.74, 6) is 2.92. The summed E-state index contributed by atoms with van der Waals surface area (Å²) in [7, 11) is 0. The molecule has 0 aliphatic carbocycles. The van der Waals surface area contributed by atoms with Crippen LogP contribution in [0.25, 0.3) is 10.9 Å². The number of para-hydroxylation sites is 1. The Balaban J connectivity index is 1.79. The Kier molecular flexibility index (Phi) is 3.96. The van der Waals surface area contributed by atoms with Crippen molar-refractivity contribution in [3.63, 3.8) is 0 Å². The van der Waals surface area contributed by atoms with Crippen LogP contribution in [0.3, 0.4) is 0 Å². The predicted molar refractivity (Wildman–Crippen MR) is 84.0 cm³/mol. The summed E-state index contributed by atoms with van der Waals surface area (Å²) in [6, 6.07) is 8.20. The molecule has 1 aliphatic heterocycles. The molecule has 0 radical (unpaired) electrons. The molecule has 3 rings (SSSR count). The van der Waals surface area contributed by atoms with Crippen LogP contribution in [0.15, 0.2) is 24.3 Å². The van der Waals surface area contributed by atoms with Gasteiger partial charge in [0.1, 0.15) is 0 Å². The van der Waals surface area contributed by atoms with E-state index in [2.05, 4.69) is 24.4 Å². The third kappa shape index (κ3) is 2.73. The molecule has 0 atom stereocenters. The molecule has 1 fully saturated rings. The molecule has 2 aromatic rings. The fourth-order valence-electron chi connectivity index (χ4n) is 2.30. The number of nitrogens with one attached hydrogen (secondary N) is 1. The number of aromatic nitrogens is 1. The van der Waals surface area contributed by atoms with Gasteiger partial charge in [0.2, 0.25) is 0 Å². The molecule has 0 amide bonds. The fraction of sp³-hybridized carbons (Fsp3) is 0.400. The van der Waals surface area contributed by atoms with Crippen molar-refractivity contribution in [2.24, 2.45) is 5.92 Å². The second-order valence-corrected chi connectivity index (χ2v) is 6.46. The zero-order valence-corrected chi connectivity index (χ0v) is 12.5. The molecule has 19 heavy (non-hydrogen) atoms. The van der Waals surface area contributed by atoms with Crippen LogP contribution >= 0.6 is 23.4 Å². The Morgan fingerprint density at radius 2 is 2.16 bits per heavy atom. The van der Waals surface area contributed by atoms with E-state index in [9.17, 15) is 0 Å². The van der Waals surface area contributed by atoms with Crippen molar-refractivity contribution >= 4 is 34.3 Å². The van der Waals surface area contributed by atoms with Gasteiger partial charge in [-0.05, 0) is 43.3 Å². The minimum Gasteiger partial charge on any atom is -0.316 e. The summed E-state index contributed by atoms with van der Waals surface area (Å²) in [6.07, 6.45) is 0. The number of benzene rings is 1. The van der Waals surface area contributed by atoms with Crippen LogP contribution in [0, 0.1) is 12.8 Å². The highest BCUT2D eigenvalue weighted by Crippen LogP contribution is 2.29. The molecule has 0 saturated carbocycles. The van der Waals surface area contributed by atoms with Crippen molar-refractivity contribution in [1.82, 2.24) is 10.3 Å². The number of nitrogens with zero attached hydrogens (tertiary/aromatic N) is 1. The second-order valence-electron chi connectivity index (χ2n) is 5.05.